The van der Waals surface area contributed by atoms with Crippen molar-refractivity contribution in [1.82, 2.24) is 14.9 Å². The maximum absolute atomic E-state index is 4.99. The van der Waals surface area contributed by atoms with Gasteiger partial charge in [-0.2, -0.15) is 0 Å². The van der Waals surface area contributed by atoms with Crippen LogP contribution in [0.15, 0.2) is 12.5 Å². The van der Waals surface area contributed by atoms with Gasteiger partial charge in [0.05, 0.1) is 12.0 Å². The fourth-order valence-electron chi connectivity index (χ4n) is 1.26. The van der Waals surface area contributed by atoms with E-state index in [0.29, 0.717) is 0 Å². The molecule has 1 aromatic heterocycles. The molecule has 14 heavy (non-hydrogen) atoms. The van der Waals surface area contributed by atoms with Crippen molar-refractivity contribution in [2.75, 3.05) is 20.3 Å². The third-order valence-electron chi connectivity index (χ3n) is 2.01. The van der Waals surface area contributed by atoms with Gasteiger partial charge in [-0.3, -0.25) is 0 Å². The number of hydrogen-bond donors (Lipinski definition) is 1. The molecule has 4 heteroatoms. The van der Waals surface area contributed by atoms with Crippen LogP contribution in [0.1, 0.15) is 19.0 Å². The van der Waals surface area contributed by atoms with Crippen molar-refractivity contribution in [3.63, 3.8) is 0 Å². The lowest BCUT2D eigenvalue weighted by Gasteiger charge is -2.00. The first-order valence-electron chi connectivity index (χ1n) is 5.07. The lowest BCUT2D eigenvalue weighted by atomic mass is 10.4. The average molecular weight is 197 g/mol. The van der Waals surface area contributed by atoms with E-state index in [1.165, 1.54) is 0 Å². The second-order valence-electron chi connectivity index (χ2n) is 3.23. The van der Waals surface area contributed by atoms with Crippen LogP contribution >= 0.6 is 0 Å². The van der Waals surface area contributed by atoms with E-state index in [0.717, 1.165) is 38.4 Å². The Labute approximate surface area is 85.3 Å². The summed E-state index contributed by atoms with van der Waals surface area (Å²) in [6.07, 6.45) is 4.99. The Bertz CT molecular complexity index is 247. The fourth-order valence-corrected chi connectivity index (χ4v) is 1.26. The molecule has 0 aliphatic rings. The van der Waals surface area contributed by atoms with Crippen LogP contribution in [0.4, 0.5) is 0 Å². The van der Waals surface area contributed by atoms with E-state index in [2.05, 4.69) is 28.0 Å². The van der Waals surface area contributed by atoms with Crippen LogP contribution in [-0.2, 0) is 17.8 Å². The molecule has 0 aliphatic heterocycles. The summed E-state index contributed by atoms with van der Waals surface area (Å²) in [4.78, 5) is 4.29. The van der Waals surface area contributed by atoms with Gasteiger partial charge in [-0.05, 0) is 13.0 Å². The Morgan fingerprint density at radius 1 is 1.57 bits per heavy atom. The number of nitrogens with one attached hydrogen (secondary N) is 1. The van der Waals surface area contributed by atoms with Crippen LogP contribution in [0.25, 0.3) is 0 Å². The van der Waals surface area contributed by atoms with E-state index in [9.17, 15) is 0 Å². The molecule has 0 bridgehead atoms. The van der Waals surface area contributed by atoms with Gasteiger partial charge >= 0.3 is 0 Å². The lowest BCUT2D eigenvalue weighted by molar-refractivity contribution is 0.190. The largest absolute Gasteiger partial charge is 0.385 e. The molecule has 80 valence electrons. The summed E-state index contributed by atoms with van der Waals surface area (Å²) in [7, 11) is 1.73. The zero-order valence-electron chi connectivity index (χ0n) is 8.99. The molecule has 0 unspecified atom stereocenters. The van der Waals surface area contributed by atoms with Gasteiger partial charge in [-0.15, -0.1) is 0 Å². The van der Waals surface area contributed by atoms with Crippen LogP contribution in [0, 0.1) is 0 Å². The molecule has 0 aliphatic carbocycles. The summed E-state index contributed by atoms with van der Waals surface area (Å²) in [6.45, 7) is 5.72. The topological polar surface area (TPSA) is 39.1 Å². The first kappa shape index (κ1) is 11.2. The van der Waals surface area contributed by atoms with E-state index < -0.39 is 0 Å². The van der Waals surface area contributed by atoms with Gasteiger partial charge in [-0.1, -0.05) is 6.92 Å². The third-order valence-corrected chi connectivity index (χ3v) is 2.01. The van der Waals surface area contributed by atoms with Crippen LogP contribution in [-0.4, -0.2) is 29.8 Å². The fraction of sp³-hybridized carbons (Fsp3) is 0.700. The first-order chi connectivity index (χ1) is 6.86. The molecular weight excluding hydrogens is 178 g/mol. The molecule has 0 atom stereocenters. The molecule has 0 amide bonds. The highest BCUT2D eigenvalue weighted by molar-refractivity contribution is 4.95. The zero-order valence-corrected chi connectivity index (χ0v) is 8.99. The van der Waals surface area contributed by atoms with Crippen molar-refractivity contribution in [3.8, 4) is 0 Å². The number of hydrogen-bond acceptors (Lipinski definition) is 3. The quantitative estimate of drug-likeness (QED) is 0.664. The Balaban J connectivity index is 2.27. The van der Waals surface area contributed by atoms with Crippen LogP contribution < -0.4 is 5.32 Å². The van der Waals surface area contributed by atoms with Crippen molar-refractivity contribution >= 4 is 0 Å². The number of rotatable bonds is 7. The van der Waals surface area contributed by atoms with Crippen molar-refractivity contribution in [1.29, 1.82) is 0 Å². The summed E-state index contributed by atoms with van der Waals surface area (Å²) in [5, 5.41) is 3.24. The highest BCUT2D eigenvalue weighted by atomic mass is 16.5. The molecule has 0 aromatic carbocycles. The Hall–Kier alpha value is -0.870. The first-order valence-corrected chi connectivity index (χ1v) is 5.07. The SMILES string of the molecule is CCNCc1cn(CCCOC)cn1. The number of nitrogens with zero attached hydrogens (tertiary/aromatic N) is 2. The predicted molar refractivity (Wildman–Crippen MR) is 56.1 cm³/mol. The second-order valence-corrected chi connectivity index (χ2v) is 3.23. The van der Waals surface area contributed by atoms with Crippen molar-refractivity contribution in [3.05, 3.63) is 18.2 Å². The Morgan fingerprint density at radius 2 is 2.43 bits per heavy atom. The molecule has 0 saturated heterocycles. The van der Waals surface area contributed by atoms with Gasteiger partial charge in [0.25, 0.3) is 0 Å². The maximum atomic E-state index is 4.99. The standard InChI is InChI=1S/C10H19N3O/c1-3-11-7-10-8-13(9-12-10)5-4-6-14-2/h8-9,11H,3-7H2,1-2H3. The number of imidazole rings is 1. The summed E-state index contributed by atoms with van der Waals surface area (Å²) in [5.74, 6) is 0. The summed E-state index contributed by atoms with van der Waals surface area (Å²) in [5.41, 5.74) is 1.10. The molecular formula is C10H19N3O. The highest BCUT2D eigenvalue weighted by Crippen LogP contribution is 1.97. The lowest BCUT2D eigenvalue weighted by Crippen LogP contribution is -2.11. The van der Waals surface area contributed by atoms with Crippen molar-refractivity contribution in [2.45, 2.75) is 26.4 Å². The van der Waals surface area contributed by atoms with Gasteiger partial charge in [0, 0.05) is 33.0 Å². The van der Waals surface area contributed by atoms with Crippen molar-refractivity contribution in [2.24, 2.45) is 0 Å². The molecule has 0 saturated carbocycles. The third kappa shape index (κ3) is 3.89. The van der Waals surface area contributed by atoms with Gasteiger partial charge in [-0.25, -0.2) is 4.98 Å². The average Bonchev–Trinajstić information content (AvgIpc) is 2.63. The van der Waals surface area contributed by atoms with E-state index >= 15 is 0 Å². The van der Waals surface area contributed by atoms with Gasteiger partial charge in [0.15, 0.2) is 0 Å². The summed E-state index contributed by atoms with van der Waals surface area (Å²) >= 11 is 0. The van der Waals surface area contributed by atoms with Crippen LogP contribution in [0.5, 0.6) is 0 Å². The number of methoxy groups -OCH3 is 1. The van der Waals surface area contributed by atoms with E-state index in [1.54, 1.807) is 7.11 Å². The van der Waals surface area contributed by atoms with E-state index in [4.69, 9.17) is 4.74 Å². The van der Waals surface area contributed by atoms with Crippen molar-refractivity contribution < 1.29 is 4.74 Å². The summed E-state index contributed by atoms with van der Waals surface area (Å²) < 4.78 is 7.09. The smallest absolute Gasteiger partial charge is 0.0949 e. The molecule has 0 fully saturated rings. The molecule has 1 rings (SSSR count). The zero-order chi connectivity index (χ0) is 10.2. The number of aromatic nitrogens is 2. The van der Waals surface area contributed by atoms with Crippen LogP contribution in [0.2, 0.25) is 0 Å². The number of aryl methyl sites for hydroxylation is 1. The van der Waals surface area contributed by atoms with Crippen LogP contribution in [0.3, 0.4) is 0 Å². The highest BCUT2D eigenvalue weighted by Gasteiger charge is 1.97. The van der Waals surface area contributed by atoms with E-state index in [-0.39, 0.29) is 0 Å². The minimum atomic E-state index is 0.806. The number of ether oxygens (including phenoxy) is 1. The predicted octanol–water partition coefficient (Wildman–Crippen LogP) is 1.03. The van der Waals surface area contributed by atoms with Gasteiger partial charge in [0.2, 0.25) is 0 Å². The minimum absolute atomic E-state index is 0.806. The Morgan fingerprint density at radius 3 is 3.14 bits per heavy atom. The van der Waals surface area contributed by atoms with Gasteiger partial charge in [0.1, 0.15) is 0 Å². The minimum Gasteiger partial charge on any atom is -0.385 e. The van der Waals surface area contributed by atoms with Gasteiger partial charge < -0.3 is 14.6 Å². The summed E-state index contributed by atoms with van der Waals surface area (Å²) in [6, 6.07) is 0. The normalized spacial score (nSPS) is 10.7. The molecule has 4 nitrogen and oxygen atoms in total. The Kier molecular flexibility index (Phi) is 5.25. The molecule has 0 radical (unpaired) electrons. The molecule has 1 N–H and O–H groups in total. The van der Waals surface area contributed by atoms with E-state index in [1.807, 2.05) is 6.33 Å². The molecule has 0 spiro atoms. The monoisotopic (exact) mass is 197 g/mol. The molecule has 1 heterocycles. The maximum Gasteiger partial charge on any atom is 0.0949 e. The second kappa shape index (κ2) is 6.56. The molecule has 1 aromatic rings.